The summed E-state index contributed by atoms with van der Waals surface area (Å²) in [5, 5.41) is 2.87. The maximum absolute atomic E-state index is 11.9. The minimum absolute atomic E-state index is 0.0161. The number of rotatable bonds is 8. The first-order chi connectivity index (χ1) is 9.92. The number of anilines is 1. The van der Waals surface area contributed by atoms with Gasteiger partial charge in [-0.3, -0.25) is 14.5 Å². The molecule has 0 saturated heterocycles. The smallest absolute Gasteiger partial charge is 0.234 e. The Hall–Kier alpha value is -2.08. The predicted octanol–water partition coefficient (Wildman–Crippen LogP) is 0.471. The number of hydrogen-bond acceptors (Lipinski definition) is 4. The molecule has 6 nitrogen and oxygen atoms in total. The van der Waals surface area contributed by atoms with Gasteiger partial charge in [0.1, 0.15) is 0 Å². The standard InChI is InChI=1S/C15H24N4O2/c1-3-11(2)18-15(21)10-19(9-14(17)20)8-12-6-4-5-7-13(12)16/h4-7,11H,3,8-10,16H2,1-2H3,(H2,17,20)(H,18,21). The van der Waals surface area contributed by atoms with Gasteiger partial charge >= 0.3 is 0 Å². The fourth-order valence-corrected chi connectivity index (χ4v) is 1.93. The number of hydrogen-bond donors (Lipinski definition) is 3. The van der Waals surface area contributed by atoms with Crippen LogP contribution in [0.5, 0.6) is 0 Å². The summed E-state index contributed by atoms with van der Waals surface area (Å²) in [4.78, 5) is 24.8. The van der Waals surface area contributed by atoms with Crippen LogP contribution in [0.25, 0.3) is 0 Å². The number of nitrogens with one attached hydrogen (secondary N) is 1. The number of nitrogens with two attached hydrogens (primary N) is 2. The van der Waals surface area contributed by atoms with E-state index in [2.05, 4.69) is 5.32 Å². The third-order valence-electron chi connectivity index (χ3n) is 3.22. The Bertz CT molecular complexity index is 490. The second kappa shape index (κ2) is 8.26. The molecule has 5 N–H and O–H groups in total. The molecule has 0 aromatic heterocycles. The van der Waals surface area contributed by atoms with Crippen molar-refractivity contribution in [3.05, 3.63) is 29.8 Å². The molecular formula is C15H24N4O2. The highest BCUT2D eigenvalue weighted by molar-refractivity contribution is 5.80. The monoisotopic (exact) mass is 292 g/mol. The lowest BCUT2D eigenvalue weighted by atomic mass is 10.1. The van der Waals surface area contributed by atoms with Gasteiger partial charge in [-0.1, -0.05) is 25.1 Å². The summed E-state index contributed by atoms with van der Waals surface area (Å²) in [6.07, 6.45) is 0.854. The zero-order valence-electron chi connectivity index (χ0n) is 12.6. The van der Waals surface area contributed by atoms with E-state index in [0.717, 1.165) is 12.0 Å². The molecule has 0 fully saturated rings. The van der Waals surface area contributed by atoms with Gasteiger partial charge in [-0.15, -0.1) is 0 Å². The lowest BCUT2D eigenvalue weighted by Crippen LogP contribution is -2.43. The molecule has 0 bridgehead atoms. The topological polar surface area (TPSA) is 101 Å². The molecule has 1 rings (SSSR count). The lowest BCUT2D eigenvalue weighted by molar-refractivity contribution is -0.124. The molecule has 1 unspecified atom stereocenters. The zero-order valence-corrected chi connectivity index (χ0v) is 12.6. The van der Waals surface area contributed by atoms with E-state index >= 15 is 0 Å². The summed E-state index contributed by atoms with van der Waals surface area (Å²) in [5.41, 5.74) is 12.6. The van der Waals surface area contributed by atoms with Crippen LogP contribution in [0.3, 0.4) is 0 Å². The van der Waals surface area contributed by atoms with Gasteiger partial charge in [0.25, 0.3) is 0 Å². The Balaban J connectivity index is 2.70. The molecule has 2 amide bonds. The molecule has 1 atom stereocenters. The molecule has 1 aromatic rings. The van der Waals surface area contributed by atoms with Gasteiger partial charge in [0.2, 0.25) is 11.8 Å². The number of para-hydroxylation sites is 1. The third kappa shape index (κ3) is 6.27. The second-order valence-corrected chi connectivity index (χ2v) is 5.19. The van der Waals surface area contributed by atoms with E-state index in [0.29, 0.717) is 12.2 Å². The minimum Gasteiger partial charge on any atom is -0.398 e. The van der Waals surface area contributed by atoms with Gasteiger partial charge in [-0.25, -0.2) is 0 Å². The van der Waals surface area contributed by atoms with Crippen LogP contribution in [0.4, 0.5) is 5.69 Å². The number of carbonyl (C=O) groups is 2. The molecule has 116 valence electrons. The van der Waals surface area contributed by atoms with E-state index in [4.69, 9.17) is 11.5 Å². The molecule has 0 aliphatic heterocycles. The van der Waals surface area contributed by atoms with E-state index < -0.39 is 5.91 Å². The summed E-state index contributed by atoms with van der Waals surface area (Å²) in [6, 6.07) is 7.47. The van der Waals surface area contributed by atoms with Crippen molar-refractivity contribution in [1.29, 1.82) is 0 Å². The lowest BCUT2D eigenvalue weighted by Gasteiger charge is -2.22. The SMILES string of the molecule is CCC(C)NC(=O)CN(CC(N)=O)Cc1ccccc1N. The van der Waals surface area contributed by atoms with E-state index in [1.165, 1.54) is 0 Å². The molecule has 0 aliphatic rings. The first-order valence-electron chi connectivity index (χ1n) is 7.05. The minimum atomic E-state index is -0.471. The zero-order chi connectivity index (χ0) is 15.8. The van der Waals surface area contributed by atoms with Crippen LogP contribution in [-0.4, -0.2) is 35.8 Å². The van der Waals surface area contributed by atoms with Crippen molar-refractivity contribution in [2.75, 3.05) is 18.8 Å². The summed E-state index contributed by atoms with van der Waals surface area (Å²) in [5.74, 6) is -0.596. The largest absolute Gasteiger partial charge is 0.398 e. The van der Waals surface area contributed by atoms with Crippen LogP contribution < -0.4 is 16.8 Å². The first-order valence-corrected chi connectivity index (χ1v) is 7.05. The fraction of sp³-hybridized carbons (Fsp3) is 0.467. The van der Waals surface area contributed by atoms with Gasteiger partial charge in [-0.05, 0) is 25.0 Å². The number of primary amides is 1. The van der Waals surface area contributed by atoms with E-state index in [9.17, 15) is 9.59 Å². The molecule has 21 heavy (non-hydrogen) atoms. The van der Waals surface area contributed by atoms with Crippen LogP contribution >= 0.6 is 0 Å². The van der Waals surface area contributed by atoms with Gasteiger partial charge in [0.15, 0.2) is 0 Å². The van der Waals surface area contributed by atoms with E-state index in [-0.39, 0.29) is 25.0 Å². The number of amides is 2. The Labute approximate surface area is 125 Å². The van der Waals surface area contributed by atoms with Crippen molar-refractivity contribution in [1.82, 2.24) is 10.2 Å². The van der Waals surface area contributed by atoms with Crippen molar-refractivity contribution in [2.45, 2.75) is 32.9 Å². The van der Waals surface area contributed by atoms with Crippen LogP contribution in [-0.2, 0) is 16.1 Å². The Morgan fingerprint density at radius 1 is 1.29 bits per heavy atom. The van der Waals surface area contributed by atoms with Crippen molar-refractivity contribution in [2.24, 2.45) is 5.73 Å². The maximum atomic E-state index is 11.9. The summed E-state index contributed by atoms with van der Waals surface area (Å²) >= 11 is 0. The number of nitrogens with zero attached hydrogens (tertiary/aromatic N) is 1. The van der Waals surface area contributed by atoms with Gasteiger partial charge in [0, 0.05) is 18.3 Å². The van der Waals surface area contributed by atoms with Crippen molar-refractivity contribution in [3.63, 3.8) is 0 Å². The van der Waals surface area contributed by atoms with E-state index in [1.807, 2.05) is 32.0 Å². The number of carbonyl (C=O) groups excluding carboxylic acids is 2. The second-order valence-electron chi connectivity index (χ2n) is 5.19. The van der Waals surface area contributed by atoms with Crippen molar-refractivity contribution in [3.8, 4) is 0 Å². The molecule has 1 aromatic carbocycles. The molecular weight excluding hydrogens is 268 g/mol. The fourth-order valence-electron chi connectivity index (χ4n) is 1.93. The first kappa shape index (κ1) is 17.0. The summed E-state index contributed by atoms with van der Waals surface area (Å²) in [6.45, 7) is 4.47. The van der Waals surface area contributed by atoms with Crippen molar-refractivity contribution >= 4 is 17.5 Å². The maximum Gasteiger partial charge on any atom is 0.234 e. The summed E-state index contributed by atoms with van der Waals surface area (Å²) in [7, 11) is 0. The molecule has 0 radical (unpaired) electrons. The predicted molar refractivity (Wildman–Crippen MR) is 83.2 cm³/mol. The highest BCUT2D eigenvalue weighted by atomic mass is 16.2. The molecule has 0 aliphatic carbocycles. The third-order valence-corrected chi connectivity index (χ3v) is 3.22. The molecule has 6 heteroatoms. The molecule has 0 saturated carbocycles. The Kier molecular flexibility index (Phi) is 6.68. The van der Waals surface area contributed by atoms with Gasteiger partial charge in [-0.2, -0.15) is 0 Å². The Morgan fingerprint density at radius 2 is 1.95 bits per heavy atom. The van der Waals surface area contributed by atoms with Crippen LogP contribution in [0.15, 0.2) is 24.3 Å². The van der Waals surface area contributed by atoms with Crippen LogP contribution in [0.1, 0.15) is 25.8 Å². The normalized spacial score (nSPS) is 12.1. The summed E-state index contributed by atoms with van der Waals surface area (Å²) < 4.78 is 0. The highest BCUT2D eigenvalue weighted by Crippen LogP contribution is 2.13. The number of benzene rings is 1. The van der Waals surface area contributed by atoms with Gasteiger partial charge in [0.05, 0.1) is 13.1 Å². The van der Waals surface area contributed by atoms with E-state index in [1.54, 1.807) is 11.0 Å². The average molecular weight is 292 g/mol. The molecule has 0 heterocycles. The van der Waals surface area contributed by atoms with Gasteiger partial charge < -0.3 is 16.8 Å². The Morgan fingerprint density at radius 3 is 2.52 bits per heavy atom. The average Bonchev–Trinajstić information content (AvgIpc) is 2.40. The number of nitrogen functional groups attached to an aromatic ring is 1. The van der Waals surface area contributed by atoms with Crippen molar-refractivity contribution < 1.29 is 9.59 Å². The van der Waals surface area contributed by atoms with Crippen LogP contribution in [0.2, 0.25) is 0 Å². The highest BCUT2D eigenvalue weighted by Gasteiger charge is 2.15. The van der Waals surface area contributed by atoms with Crippen LogP contribution in [0, 0.1) is 0 Å². The molecule has 0 spiro atoms. The quantitative estimate of drug-likeness (QED) is 0.606.